The van der Waals surface area contributed by atoms with Crippen molar-refractivity contribution in [2.45, 2.75) is 19.3 Å². The van der Waals surface area contributed by atoms with E-state index in [2.05, 4.69) is 4.98 Å². The maximum absolute atomic E-state index is 11.8. The molecule has 0 radical (unpaired) electrons. The summed E-state index contributed by atoms with van der Waals surface area (Å²) in [5.41, 5.74) is 1.91. The maximum atomic E-state index is 11.8. The molecule has 0 spiro atoms. The second-order valence-corrected chi connectivity index (χ2v) is 5.91. The van der Waals surface area contributed by atoms with E-state index in [9.17, 15) is 4.79 Å². The number of esters is 1. The maximum Gasteiger partial charge on any atom is 0.317 e. The Labute approximate surface area is 142 Å². The van der Waals surface area contributed by atoms with Gasteiger partial charge < -0.3 is 14.2 Å². The number of aromatic nitrogens is 1. The molecule has 2 aromatic rings. The number of hydrogen-bond donors (Lipinski definition) is 0. The Morgan fingerprint density at radius 1 is 1.00 bits per heavy atom. The number of benzene rings is 1. The number of nitrogens with zero attached hydrogens (tertiary/aromatic N) is 1. The molecule has 2 rings (SSSR count). The number of carbonyl (C=O) groups is 1. The van der Waals surface area contributed by atoms with Gasteiger partial charge in [0.15, 0.2) is 0 Å². The molecule has 24 heavy (non-hydrogen) atoms. The molecule has 5 heteroatoms. The summed E-state index contributed by atoms with van der Waals surface area (Å²) in [6.45, 7) is 4.68. The van der Waals surface area contributed by atoms with Crippen LogP contribution in [0.15, 0.2) is 42.6 Å². The van der Waals surface area contributed by atoms with Crippen molar-refractivity contribution >= 4 is 5.97 Å². The van der Waals surface area contributed by atoms with Crippen LogP contribution in [-0.2, 0) is 19.7 Å². The molecule has 128 valence electrons. The largest absolute Gasteiger partial charge is 0.491 e. The van der Waals surface area contributed by atoms with E-state index in [1.54, 1.807) is 27.2 Å². The van der Waals surface area contributed by atoms with Crippen molar-refractivity contribution in [3.8, 4) is 16.9 Å². The van der Waals surface area contributed by atoms with Gasteiger partial charge in [-0.05, 0) is 37.6 Å². The van der Waals surface area contributed by atoms with Gasteiger partial charge in [0.1, 0.15) is 17.8 Å². The van der Waals surface area contributed by atoms with E-state index in [4.69, 9.17) is 14.2 Å². The third kappa shape index (κ3) is 4.11. The van der Waals surface area contributed by atoms with Gasteiger partial charge in [-0.1, -0.05) is 18.2 Å². The minimum absolute atomic E-state index is 0.305. The molecule has 0 atom stereocenters. The predicted molar refractivity (Wildman–Crippen MR) is 92.1 cm³/mol. The number of carbonyl (C=O) groups excluding carboxylic acids is 1. The molecule has 0 saturated carbocycles. The van der Waals surface area contributed by atoms with Gasteiger partial charge in [0.25, 0.3) is 0 Å². The van der Waals surface area contributed by atoms with E-state index >= 15 is 0 Å². The lowest BCUT2D eigenvalue weighted by Gasteiger charge is -2.20. The van der Waals surface area contributed by atoms with Crippen LogP contribution in [-0.4, -0.2) is 38.4 Å². The second kappa shape index (κ2) is 7.93. The van der Waals surface area contributed by atoms with Crippen LogP contribution in [0.4, 0.5) is 0 Å². The van der Waals surface area contributed by atoms with Crippen LogP contribution < -0.4 is 4.74 Å². The predicted octanol–water partition coefficient (Wildman–Crippen LogP) is 3.22. The van der Waals surface area contributed by atoms with Crippen LogP contribution in [0.2, 0.25) is 0 Å². The molecular weight excluding hydrogens is 306 g/mol. The Kier molecular flexibility index (Phi) is 5.93. The van der Waals surface area contributed by atoms with Crippen LogP contribution >= 0.6 is 0 Å². The van der Waals surface area contributed by atoms with E-state index in [0.717, 1.165) is 16.9 Å². The van der Waals surface area contributed by atoms with Gasteiger partial charge >= 0.3 is 5.97 Å². The van der Waals surface area contributed by atoms with Gasteiger partial charge in [0.05, 0.1) is 19.4 Å². The lowest BCUT2D eigenvalue weighted by Crippen LogP contribution is -2.31. The summed E-state index contributed by atoms with van der Waals surface area (Å²) in [7, 11) is 3.03. The van der Waals surface area contributed by atoms with Crippen LogP contribution in [0.3, 0.4) is 0 Å². The SMILES string of the molecule is COCCOc1ccc(-c2ccc(C(C)(C)C(=O)OC)nc2)cc1. The molecule has 0 unspecified atom stereocenters. The van der Waals surface area contributed by atoms with Gasteiger partial charge in [0.2, 0.25) is 0 Å². The molecule has 1 aromatic carbocycles. The van der Waals surface area contributed by atoms with Crippen molar-refractivity contribution in [3.63, 3.8) is 0 Å². The normalized spacial score (nSPS) is 11.2. The van der Waals surface area contributed by atoms with Gasteiger partial charge in [-0.2, -0.15) is 0 Å². The minimum Gasteiger partial charge on any atom is -0.491 e. The van der Waals surface area contributed by atoms with E-state index in [1.165, 1.54) is 7.11 Å². The second-order valence-electron chi connectivity index (χ2n) is 5.91. The molecule has 0 N–H and O–H groups in total. The number of ether oxygens (including phenoxy) is 3. The first-order chi connectivity index (χ1) is 11.5. The average molecular weight is 329 g/mol. The summed E-state index contributed by atoms with van der Waals surface area (Å²) in [4.78, 5) is 16.3. The fraction of sp³-hybridized carbons (Fsp3) is 0.368. The minimum atomic E-state index is -0.772. The van der Waals surface area contributed by atoms with Crippen molar-refractivity contribution in [2.75, 3.05) is 27.4 Å². The fourth-order valence-corrected chi connectivity index (χ4v) is 2.28. The van der Waals surface area contributed by atoms with Crippen molar-refractivity contribution in [1.82, 2.24) is 4.98 Å². The topological polar surface area (TPSA) is 57.7 Å². The van der Waals surface area contributed by atoms with Crippen LogP contribution in [0.1, 0.15) is 19.5 Å². The first kappa shape index (κ1) is 17.9. The molecule has 1 heterocycles. The molecule has 0 saturated heterocycles. The quantitative estimate of drug-likeness (QED) is 0.576. The summed E-state index contributed by atoms with van der Waals surface area (Å²) in [5.74, 6) is 0.493. The monoisotopic (exact) mass is 329 g/mol. The summed E-state index contributed by atoms with van der Waals surface area (Å²) in [6.07, 6.45) is 1.76. The van der Waals surface area contributed by atoms with Gasteiger partial charge in [0, 0.05) is 18.9 Å². The van der Waals surface area contributed by atoms with Crippen LogP contribution in [0.5, 0.6) is 5.75 Å². The van der Waals surface area contributed by atoms with Crippen molar-refractivity contribution in [1.29, 1.82) is 0 Å². The molecule has 0 aliphatic heterocycles. The zero-order valence-corrected chi connectivity index (χ0v) is 14.5. The molecular formula is C19H23NO4. The number of methoxy groups -OCH3 is 2. The molecule has 0 fully saturated rings. The highest BCUT2D eigenvalue weighted by Crippen LogP contribution is 2.26. The zero-order valence-electron chi connectivity index (χ0n) is 14.5. The lowest BCUT2D eigenvalue weighted by atomic mass is 9.88. The lowest BCUT2D eigenvalue weighted by molar-refractivity contribution is -0.146. The van der Waals surface area contributed by atoms with E-state index < -0.39 is 5.41 Å². The number of hydrogen-bond acceptors (Lipinski definition) is 5. The molecule has 0 aliphatic carbocycles. The fourth-order valence-electron chi connectivity index (χ4n) is 2.28. The Morgan fingerprint density at radius 2 is 1.67 bits per heavy atom. The van der Waals surface area contributed by atoms with Crippen LogP contribution in [0.25, 0.3) is 11.1 Å². The highest BCUT2D eigenvalue weighted by atomic mass is 16.5. The van der Waals surface area contributed by atoms with Gasteiger partial charge in [-0.15, -0.1) is 0 Å². The molecule has 5 nitrogen and oxygen atoms in total. The van der Waals surface area contributed by atoms with Gasteiger partial charge in [-0.3, -0.25) is 9.78 Å². The summed E-state index contributed by atoms with van der Waals surface area (Å²) in [6, 6.07) is 11.6. The first-order valence-electron chi connectivity index (χ1n) is 7.76. The highest BCUT2D eigenvalue weighted by Gasteiger charge is 2.32. The van der Waals surface area contributed by atoms with Crippen molar-refractivity contribution < 1.29 is 19.0 Å². The van der Waals surface area contributed by atoms with E-state index in [0.29, 0.717) is 18.9 Å². The summed E-state index contributed by atoms with van der Waals surface area (Å²) < 4.78 is 15.3. The Balaban J connectivity index is 2.12. The molecule has 0 bridgehead atoms. The molecule has 1 aromatic heterocycles. The van der Waals surface area contributed by atoms with E-state index in [-0.39, 0.29) is 5.97 Å². The van der Waals surface area contributed by atoms with Gasteiger partial charge in [-0.25, -0.2) is 0 Å². The summed E-state index contributed by atoms with van der Waals surface area (Å²) >= 11 is 0. The standard InChI is InChI=1S/C19H23NO4/c1-19(2,18(21)23-4)17-10-7-15(13-20-17)14-5-8-16(9-6-14)24-12-11-22-3/h5-10,13H,11-12H2,1-4H3. The van der Waals surface area contributed by atoms with Crippen molar-refractivity contribution in [3.05, 3.63) is 48.3 Å². The smallest absolute Gasteiger partial charge is 0.317 e. The number of pyridine rings is 1. The molecule has 0 amide bonds. The number of rotatable bonds is 7. The first-order valence-corrected chi connectivity index (χ1v) is 7.76. The third-order valence-corrected chi connectivity index (χ3v) is 3.84. The highest BCUT2D eigenvalue weighted by molar-refractivity contribution is 5.81. The Bertz CT molecular complexity index is 663. The van der Waals surface area contributed by atoms with Crippen LogP contribution in [0, 0.1) is 0 Å². The average Bonchev–Trinajstić information content (AvgIpc) is 2.62. The third-order valence-electron chi connectivity index (χ3n) is 3.84. The molecule has 0 aliphatic rings. The Hall–Kier alpha value is -2.40. The van der Waals surface area contributed by atoms with Crippen molar-refractivity contribution in [2.24, 2.45) is 0 Å². The van der Waals surface area contributed by atoms with E-state index in [1.807, 2.05) is 36.4 Å². The Morgan fingerprint density at radius 3 is 2.21 bits per heavy atom. The summed E-state index contributed by atoms with van der Waals surface area (Å²) in [5, 5.41) is 0. The zero-order chi connectivity index (χ0) is 17.6.